The van der Waals surface area contributed by atoms with E-state index in [2.05, 4.69) is 227 Å². The van der Waals surface area contributed by atoms with E-state index < -0.39 is 22.4 Å². The summed E-state index contributed by atoms with van der Waals surface area (Å²) in [5.74, 6) is 13.9. The third-order valence-corrected chi connectivity index (χ3v) is 45.7. The zero-order valence-corrected chi connectivity index (χ0v) is 98.0. The number of aliphatic hydroxyl groups excluding tert-OH is 5. The Morgan fingerprint density at radius 1 is 0.331 bits per heavy atom. The van der Waals surface area contributed by atoms with Gasteiger partial charge in [0, 0.05) is 18.3 Å². The second-order valence-corrected chi connectivity index (χ2v) is 57.1. The molecule has 9 nitrogen and oxygen atoms in total. The molecule has 0 saturated heterocycles. The average molecular weight is 1930 g/mol. The van der Waals surface area contributed by atoms with Gasteiger partial charge in [-0.1, -0.05) is 261 Å². The summed E-state index contributed by atoms with van der Waals surface area (Å²) >= 11 is 0. The van der Waals surface area contributed by atoms with Crippen LogP contribution in [0.25, 0.3) is 0 Å². The van der Waals surface area contributed by atoms with Crippen molar-refractivity contribution in [2.24, 2.45) is 183 Å². The van der Waals surface area contributed by atoms with Crippen LogP contribution in [0.2, 0.25) is 0 Å². The fourth-order valence-corrected chi connectivity index (χ4v) is 36.1. The average Bonchev–Trinajstić information content (AvgIpc) is 1.64. The molecular formula is C124H224BNaO9P. The molecule has 16 rings (SSSR count). The number of allylic oxidation sites excluding steroid dienone is 4. The third-order valence-electron chi connectivity index (χ3n) is 45.7. The van der Waals surface area contributed by atoms with Crippen molar-refractivity contribution >= 4 is 17.7 Å². The van der Waals surface area contributed by atoms with E-state index in [9.17, 15) is 40.9 Å². The molecule has 16 aliphatic rings. The Balaban J connectivity index is 0.000000244. The fourth-order valence-electron chi connectivity index (χ4n) is 36.1. The van der Waals surface area contributed by atoms with Gasteiger partial charge < -0.3 is 47.4 Å². The summed E-state index contributed by atoms with van der Waals surface area (Å²) in [5, 5.41) is 95.4. The van der Waals surface area contributed by atoms with Gasteiger partial charge in [-0.15, -0.1) is 9.24 Å². The van der Waals surface area contributed by atoms with Crippen LogP contribution in [0.3, 0.4) is 0 Å². The minimum atomic E-state index is -0.460. The van der Waals surface area contributed by atoms with Crippen LogP contribution in [0.15, 0.2) is 46.6 Å². The summed E-state index contributed by atoms with van der Waals surface area (Å²) in [6, 6.07) is 0. The summed E-state index contributed by atoms with van der Waals surface area (Å²) in [6.45, 7) is 68.7. The van der Waals surface area contributed by atoms with Gasteiger partial charge in [-0.2, -0.15) is 0 Å². The molecule has 1 unspecified atom stereocenters. The molecule has 0 aliphatic heterocycles. The largest absolute Gasteiger partial charge is 1.00 e. The summed E-state index contributed by atoms with van der Waals surface area (Å²) in [7, 11) is 3.25. The van der Waals surface area contributed by atoms with Crippen LogP contribution < -0.4 is 29.6 Å². The quantitative estimate of drug-likeness (QED) is 0.0326. The first-order valence-electron chi connectivity index (χ1n) is 58.7. The summed E-state index contributed by atoms with van der Waals surface area (Å²) in [4.78, 5) is 0. The van der Waals surface area contributed by atoms with Gasteiger partial charge in [0.2, 0.25) is 0 Å². The Bertz CT molecular complexity index is 3450. The summed E-state index contributed by atoms with van der Waals surface area (Å²) < 4.78 is 12.4. The van der Waals surface area contributed by atoms with Gasteiger partial charge in [-0.25, -0.2) is 0 Å². The molecule has 12 saturated carbocycles. The van der Waals surface area contributed by atoms with Crippen molar-refractivity contribution in [3.8, 4) is 0 Å². The molecule has 37 atom stereocenters. The Morgan fingerprint density at radius 2 is 0.500 bits per heavy atom. The minimum absolute atomic E-state index is 0. The Hall–Kier alpha value is 0.0949. The van der Waals surface area contributed by atoms with Crippen molar-refractivity contribution in [3.05, 3.63) is 46.6 Å². The van der Waals surface area contributed by atoms with E-state index in [1.165, 1.54) is 154 Å². The third kappa shape index (κ3) is 25.0. The second-order valence-electron chi connectivity index (χ2n) is 57.1. The van der Waals surface area contributed by atoms with Gasteiger partial charge in [0.15, 0.2) is 0 Å². The first-order valence-corrected chi connectivity index (χ1v) is 58.1. The molecule has 0 aromatic carbocycles. The number of hydrogen-bond acceptors (Lipinski definition) is 9. The van der Waals surface area contributed by atoms with Crippen molar-refractivity contribution in [3.63, 3.8) is 0 Å². The first-order chi connectivity index (χ1) is 63.1. The number of hydrogen-bond donors (Lipinski definition) is 9. The molecule has 12 fully saturated rings. The molecule has 136 heavy (non-hydrogen) atoms. The normalized spacial score (nSPS) is 43.6. The van der Waals surface area contributed by atoms with Gasteiger partial charge in [0.25, 0.3) is 0 Å². The number of rotatable bonds is 20. The molecule has 12 heteroatoms. The van der Waals surface area contributed by atoms with Crippen molar-refractivity contribution in [1.29, 1.82) is 0 Å². The van der Waals surface area contributed by atoms with E-state index in [1.807, 2.05) is 0 Å². The monoisotopic (exact) mass is 1920 g/mol. The first kappa shape index (κ1) is 118. The maximum atomic E-state index is 11.1. The smallest absolute Gasteiger partial charge is 1.00 e. The van der Waals surface area contributed by atoms with E-state index in [4.69, 9.17) is 7.85 Å². The molecular weight excluding hydrogens is 1700 g/mol. The second kappa shape index (κ2) is 46.7. The maximum absolute atomic E-state index is 11.1. The molecule has 0 spiro atoms. The SMILES string of the molecule is CC[C@]1(O)CC[C@@]2(C)C(=CC[C@H]3[C@@H]4CC[C@H]([C@H](C)[C@@H](O)CCC(C)(C)C)[C@@]4(C)CC[C@@H]32)C1.CC[C@]1(O)CC[C@@]2(C)C(=CC[C@H]3[C@@H]4CC[C@H]([C@H](C)[C@@H](O)CCC(C)(C)C)[C@@]4(C)CC[C@@H]32)C1.CC[C@]1(O)CC[C@@]2(C)C(=CC[C@H]3[C@@H]4CC[C@H]([C@H](C)[C@@H](O)CCC(C)(C)C)[C@@]4(C)CC[C@@H]32)C1.CC[C@]1(O)CC[C@@]2(C)C(=CC[C@H]3[C@@H]4CC[C@H]([C@H](C)[C@H](O)CCC(C)(C)C)[C@@]4(C)CC[C@@H]32)C1.CO.[2H]CC.[2H]CP.[B].[H-].[Na+]. The molecule has 0 bridgehead atoms. The molecule has 9 N–H and O–H groups in total. The van der Waals surface area contributed by atoms with Crippen LogP contribution in [-0.2, 0) is 0 Å². The molecule has 783 valence electrons. The Morgan fingerprint density at radius 3 is 0.654 bits per heavy atom. The van der Waals surface area contributed by atoms with E-state index in [0.717, 1.165) is 207 Å². The zero-order chi connectivity index (χ0) is 102. The topological polar surface area (TPSA) is 182 Å². The van der Waals surface area contributed by atoms with Gasteiger partial charge in [0.05, 0.1) is 46.8 Å². The van der Waals surface area contributed by atoms with Crippen molar-refractivity contribution in [2.75, 3.05) is 13.8 Å². The van der Waals surface area contributed by atoms with Crippen LogP contribution in [0.4, 0.5) is 0 Å². The van der Waals surface area contributed by atoms with Crippen LogP contribution in [0, 0.1) is 183 Å². The molecule has 0 heterocycles. The molecule has 0 aromatic rings. The zero-order valence-electron chi connectivity index (χ0n) is 97.9. The fraction of sp³-hybridized carbons (Fsp3) is 0.935. The van der Waals surface area contributed by atoms with Gasteiger partial charge >= 0.3 is 29.6 Å². The van der Waals surface area contributed by atoms with Crippen LogP contribution in [0.5, 0.6) is 0 Å². The molecule has 3 radical (unpaired) electrons. The maximum Gasteiger partial charge on any atom is 1.00 e. The number of aliphatic hydroxyl groups is 9. The van der Waals surface area contributed by atoms with E-state index >= 15 is 0 Å². The molecule has 0 amide bonds. The standard InChI is InChI=1S/4C30H52O2.C2H6.CH4O.CH5P.B.Na.H/c4*1-8-30(32)18-17-28(6)21(19-30)9-10-22-24-12-11-23(29(24,7)16-13-25(22)28)20(2)26(31)14-15-27(3,4)5;3*1-2;;;/h4*9,20,22-26,31-32H,8,10-19H2,1-7H3;1-2H3;2H,1H3;2H2,1H3;;;/q;;;;;;;;+1;-1/t20-,22-,23+,24-,25-,26+,28-,29+,30-;3*20-,22-,23+,24-,25-,26-,28-,29+,30-;;;;;;/m0000....../s1/i;;;;1D;;1D;;;. The molecule has 16 aliphatic carbocycles. The van der Waals surface area contributed by atoms with Crippen molar-refractivity contribution in [2.45, 2.75) is 537 Å². The van der Waals surface area contributed by atoms with Crippen molar-refractivity contribution in [1.82, 2.24) is 0 Å². The minimum Gasteiger partial charge on any atom is -1.00 e. The van der Waals surface area contributed by atoms with Crippen LogP contribution in [-0.4, -0.2) is 115 Å². The predicted octanol–water partition coefficient (Wildman–Crippen LogP) is 28.0. The van der Waals surface area contributed by atoms with Crippen molar-refractivity contribution < 1.29 is 79.7 Å². The van der Waals surface area contributed by atoms with E-state index in [1.54, 1.807) is 29.2 Å². The Kier molecular flexibility index (Phi) is 40.5. The van der Waals surface area contributed by atoms with Crippen LogP contribution >= 0.6 is 9.24 Å². The molecule has 0 aromatic heterocycles. The summed E-state index contributed by atoms with van der Waals surface area (Å²) in [5.41, 5.74) is 8.48. The number of fused-ring (bicyclic) bond motifs is 20. The van der Waals surface area contributed by atoms with Gasteiger partial charge in [-0.05, 0) is 466 Å². The van der Waals surface area contributed by atoms with Gasteiger partial charge in [0.1, 0.15) is 0 Å². The summed E-state index contributed by atoms with van der Waals surface area (Å²) in [6.07, 6.45) is 59.8. The van der Waals surface area contributed by atoms with E-state index in [0.29, 0.717) is 126 Å². The van der Waals surface area contributed by atoms with E-state index in [-0.39, 0.29) is 63.8 Å². The van der Waals surface area contributed by atoms with Gasteiger partial charge in [-0.3, -0.25) is 0 Å². The predicted molar refractivity (Wildman–Crippen MR) is 579 cm³/mol. The van der Waals surface area contributed by atoms with Crippen LogP contribution in [0.1, 0.15) is 494 Å². The Labute approximate surface area is 871 Å².